The van der Waals surface area contributed by atoms with Crippen LogP contribution in [0.15, 0.2) is 30.4 Å². The van der Waals surface area contributed by atoms with E-state index in [4.69, 9.17) is 4.74 Å². The zero-order chi connectivity index (χ0) is 14.0. The zero-order valence-electron chi connectivity index (χ0n) is 10.0. The molecule has 6 nitrogen and oxygen atoms in total. The molecule has 1 aliphatic rings. The Morgan fingerprint density at radius 3 is 2.95 bits per heavy atom. The van der Waals surface area contributed by atoms with Gasteiger partial charge in [0.05, 0.1) is 10.6 Å². The van der Waals surface area contributed by atoms with Gasteiger partial charge in [0.2, 0.25) is 0 Å². The molecule has 1 aromatic rings. The summed E-state index contributed by atoms with van der Waals surface area (Å²) in [5.74, 6) is 0.641. The lowest BCUT2D eigenvalue weighted by Crippen LogP contribution is -2.40. The summed E-state index contributed by atoms with van der Waals surface area (Å²) in [6.45, 7) is 3.99. The third kappa shape index (κ3) is 2.70. The van der Waals surface area contributed by atoms with E-state index in [9.17, 15) is 14.9 Å². The van der Waals surface area contributed by atoms with Crippen molar-refractivity contribution < 1.29 is 14.5 Å². The maximum atomic E-state index is 11.9. The van der Waals surface area contributed by atoms with Crippen molar-refractivity contribution in [3.8, 4) is 5.75 Å². The maximum Gasteiger partial charge on any atom is 0.271 e. The van der Waals surface area contributed by atoms with Crippen LogP contribution in [0, 0.1) is 10.1 Å². The number of thiol groups is 1. The summed E-state index contributed by atoms with van der Waals surface area (Å²) in [6.07, 6.45) is 0. The summed E-state index contributed by atoms with van der Waals surface area (Å²) in [7, 11) is 0. The van der Waals surface area contributed by atoms with Crippen molar-refractivity contribution in [1.82, 2.24) is 0 Å². The van der Waals surface area contributed by atoms with Gasteiger partial charge >= 0.3 is 0 Å². The van der Waals surface area contributed by atoms with E-state index in [-0.39, 0.29) is 24.7 Å². The highest BCUT2D eigenvalue weighted by molar-refractivity contribution is 7.80. The number of fused-ring (bicyclic) bond motifs is 1. The molecule has 1 amide bonds. The first-order chi connectivity index (χ1) is 9.02. The van der Waals surface area contributed by atoms with Gasteiger partial charge in [-0.25, -0.2) is 0 Å². The van der Waals surface area contributed by atoms with E-state index < -0.39 is 4.92 Å². The van der Waals surface area contributed by atoms with Gasteiger partial charge in [-0.2, -0.15) is 12.6 Å². The minimum Gasteiger partial charge on any atom is -0.482 e. The average Bonchev–Trinajstić information content (AvgIpc) is 2.41. The molecule has 1 aliphatic heterocycles. The molecule has 0 atom stereocenters. The van der Waals surface area contributed by atoms with Crippen LogP contribution in [0.4, 0.5) is 11.4 Å². The lowest BCUT2D eigenvalue weighted by atomic mass is 10.2. The molecule has 0 N–H and O–H groups in total. The molecule has 1 aromatic carbocycles. The Labute approximate surface area is 115 Å². The number of non-ortho nitro benzene ring substituents is 1. The van der Waals surface area contributed by atoms with Crippen LogP contribution >= 0.6 is 12.6 Å². The van der Waals surface area contributed by atoms with Gasteiger partial charge in [-0.1, -0.05) is 6.58 Å². The number of rotatable bonds is 4. The first-order valence-electron chi connectivity index (χ1n) is 5.52. The Balaban J connectivity index is 2.41. The SMILES string of the molecule is C=C(CS)CN1C(=O)COc2ccc([N+](=O)[O-])cc21. The van der Waals surface area contributed by atoms with Crippen LogP contribution in [0.25, 0.3) is 0 Å². The largest absolute Gasteiger partial charge is 0.482 e. The first kappa shape index (κ1) is 13.4. The number of carbonyl (C=O) groups is 1. The third-order valence-electron chi connectivity index (χ3n) is 2.70. The fourth-order valence-electron chi connectivity index (χ4n) is 1.75. The highest BCUT2D eigenvalue weighted by Crippen LogP contribution is 2.35. The number of carbonyl (C=O) groups excluding carboxylic acids is 1. The Bertz CT molecular complexity index is 559. The van der Waals surface area contributed by atoms with Crippen molar-refractivity contribution in [3.05, 3.63) is 40.5 Å². The van der Waals surface area contributed by atoms with E-state index >= 15 is 0 Å². The van der Waals surface area contributed by atoms with Crippen molar-refractivity contribution in [1.29, 1.82) is 0 Å². The molecule has 0 bridgehead atoms. The standard InChI is InChI=1S/C12H12N2O4S/c1-8(7-19)5-13-10-4-9(14(16)17)2-3-11(10)18-6-12(13)15/h2-4,19H,1,5-7H2. The van der Waals surface area contributed by atoms with E-state index in [2.05, 4.69) is 19.2 Å². The highest BCUT2D eigenvalue weighted by atomic mass is 32.1. The van der Waals surface area contributed by atoms with Crippen LogP contribution in [0.1, 0.15) is 0 Å². The normalized spacial score (nSPS) is 13.7. The topological polar surface area (TPSA) is 72.7 Å². The second kappa shape index (κ2) is 5.31. The number of nitrogens with zero attached hydrogens (tertiary/aromatic N) is 2. The average molecular weight is 280 g/mol. The summed E-state index contributed by atoms with van der Waals surface area (Å²) < 4.78 is 5.25. The van der Waals surface area contributed by atoms with Crippen molar-refractivity contribution in [2.45, 2.75) is 0 Å². The Morgan fingerprint density at radius 2 is 2.32 bits per heavy atom. The van der Waals surface area contributed by atoms with Gasteiger partial charge < -0.3 is 9.64 Å². The Morgan fingerprint density at radius 1 is 1.58 bits per heavy atom. The summed E-state index contributed by atoms with van der Waals surface area (Å²) >= 11 is 4.09. The number of amides is 1. The van der Waals surface area contributed by atoms with Crippen LogP contribution in [-0.4, -0.2) is 29.7 Å². The van der Waals surface area contributed by atoms with E-state index in [1.54, 1.807) is 0 Å². The molecule has 0 spiro atoms. The molecule has 2 rings (SSSR count). The Kier molecular flexibility index (Phi) is 3.75. The number of hydrogen-bond donors (Lipinski definition) is 1. The molecule has 0 aromatic heterocycles. The molecule has 0 radical (unpaired) electrons. The number of ether oxygens (including phenoxy) is 1. The van der Waals surface area contributed by atoms with Crippen LogP contribution in [-0.2, 0) is 4.79 Å². The molecule has 0 unspecified atom stereocenters. The van der Waals surface area contributed by atoms with E-state index in [0.717, 1.165) is 5.57 Å². The minimum atomic E-state index is -0.509. The van der Waals surface area contributed by atoms with E-state index in [0.29, 0.717) is 17.2 Å². The van der Waals surface area contributed by atoms with Crippen LogP contribution < -0.4 is 9.64 Å². The molecule has 7 heteroatoms. The van der Waals surface area contributed by atoms with Crippen molar-refractivity contribution in [2.75, 3.05) is 23.8 Å². The summed E-state index contributed by atoms with van der Waals surface area (Å²) in [4.78, 5) is 23.6. The number of hydrogen-bond acceptors (Lipinski definition) is 5. The second-order valence-electron chi connectivity index (χ2n) is 4.09. The molecule has 100 valence electrons. The highest BCUT2D eigenvalue weighted by Gasteiger charge is 2.27. The van der Waals surface area contributed by atoms with Gasteiger partial charge in [0.25, 0.3) is 11.6 Å². The summed E-state index contributed by atoms with van der Waals surface area (Å²) in [5, 5.41) is 10.8. The first-order valence-corrected chi connectivity index (χ1v) is 6.15. The van der Waals surface area contributed by atoms with Gasteiger partial charge in [0.1, 0.15) is 5.75 Å². The van der Waals surface area contributed by atoms with Gasteiger partial charge in [-0.05, 0) is 11.6 Å². The lowest BCUT2D eigenvalue weighted by Gasteiger charge is -2.29. The van der Waals surface area contributed by atoms with Crippen LogP contribution in [0.3, 0.4) is 0 Å². The number of nitro groups is 1. The fourth-order valence-corrected chi connectivity index (χ4v) is 1.85. The van der Waals surface area contributed by atoms with Crippen LogP contribution in [0.2, 0.25) is 0 Å². The quantitative estimate of drug-likeness (QED) is 0.395. The third-order valence-corrected chi connectivity index (χ3v) is 3.15. The monoisotopic (exact) mass is 280 g/mol. The predicted octanol–water partition coefficient (Wildman–Crippen LogP) is 1.81. The number of nitro benzene ring substituents is 1. The van der Waals surface area contributed by atoms with Gasteiger partial charge in [0.15, 0.2) is 6.61 Å². The molecular formula is C12H12N2O4S. The Hall–Kier alpha value is -2.02. The minimum absolute atomic E-state index is 0.0787. The fraction of sp³-hybridized carbons (Fsp3) is 0.250. The zero-order valence-corrected chi connectivity index (χ0v) is 10.9. The van der Waals surface area contributed by atoms with Crippen molar-refractivity contribution in [2.24, 2.45) is 0 Å². The lowest BCUT2D eigenvalue weighted by molar-refractivity contribution is -0.384. The van der Waals surface area contributed by atoms with Gasteiger partial charge in [-0.15, -0.1) is 0 Å². The van der Waals surface area contributed by atoms with Crippen LogP contribution in [0.5, 0.6) is 5.75 Å². The molecule has 19 heavy (non-hydrogen) atoms. The van der Waals surface area contributed by atoms with Gasteiger partial charge in [-0.3, -0.25) is 14.9 Å². The molecular weight excluding hydrogens is 268 g/mol. The molecule has 0 saturated carbocycles. The van der Waals surface area contributed by atoms with E-state index in [1.165, 1.54) is 23.1 Å². The predicted molar refractivity (Wildman–Crippen MR) is 73.9 cm³/mol. The van der Waals surface area contributed by atoms with Gasteiger partial charge in [0, 0.05) is 24.4 Å². The smallest absolute Gasteiger partial charge is 0.271 e. The second-order valence-corrected chi connectivity index (χ2v) is 4.40. The molecule has 0 saturated heterocycles. The maximum absolute atomic E-state index is 11.9. The molecule has 0 aliphatic carbocycles. The molecule has 1 heterocycles. The number of benzene rings is 1. The number of anilines is 1. The van der Waals surface area contributed by atoms with Crippen molar-refractivity contribution >= 4 is 29.9 Å². The van der Waals surface area contributed by atoms with Crippen molar-refractivity contribution in [3.63, 3.8) is 0 Å². The molecule has 0 fully saturated rings. The summed E-state index contributed by atoms with van der Waals surface area (Å²) in [5.41, 5.74) is 1.06. The summed E-state index contributed by atoms with van der Waals surface area (Å²) in [6, 6.07) is 4.18. The van der Waals surface area contributed by atoms with E-state index in [1.807, 2.05) is 0 Å².